The first-order valence-corrected chi connectivity index (χ1v) is 5.92. The van der Waals surface area contributed by atoms with E-state index in [2.05, 4.69) is 32.7 Å². The van der Waals surface area contributed by atoms with Crippen molar-refractivity contribution in [1.82, 2.24) is 5.32 Å². The van der Waals surface area contributed by atoms with Crippen LogP contribution in [0.4, 0.5) is 0 Å². The highest BCUT2D eigenvalue weighted by Crippen LogP contribution is 2.06. The predicted molar refractivity (Wildman–Crippen MR) is 65.7 cm³/mol. The summed E-state index contributed by atoms with van der Waals surface area (Å²) in [7, 11) is 0. The van der Waals surface area contributed by atoms with Crippen molar-refractivity contribution in [3.05, 3.63) is 12.7 Å². The van der Waals surface area contributed by atoms with Crippen molar-refractivity contribution in [2.24, 2.45) is 0 Å². The van der Waals surface area contributed by atoms with Crippen molar-refractivity contribution in [2.75, 3.05) is 6.54 Å². The van der Waals surface area contributed by atoms with Gasteiger partial charge in [-0.15, -0.1) is 6.58 Å². The van der Waals surface area contributed by atoms with Gasteiger partial charge in [-0.2, -0.15) is 0 Å². The van der Waals surface area contributed by atoms with Crippen molar-refractivity contribution < 1.29 is 0 Å². The van der Waals surface area contributed by atoms with Crippen LogP contribution in [0.5, 0.6) is 0 Å². The molecular formula is C13H27N. The minimum absolute atomic E-state index is 0.281. The van der Waals surface area contributed by atoms with E-state index in [-0.39, 0.29) is 5.54 Å². The van der Waals surface area contributed by atoms with E-state index in [1.54, 1.807) is 0 Å². The Kier molecular flexibility index (Phi) is 7.87. The SMILES string of the molecule is C=CCCCCCCCNC(C)(C)C. The van der Waals surface area contributed by atoms with Gasteiger partial charge in [-0.05, 0) is 46.6 Å². The molecule has 0 fully saturated rings. The maximum atomic E-state index is 3.72. The standard InChI is InChI=1S/C13H27N/c1-5-6-7-8-9-10-11-12-14-13(2,3)4/h5,14H,1,6-12H2,2-4H3. The van der Waals surface area contributed by atoms with E-state index in [4.69, 9.17) is 0 Å². The lowest BCUT2D eigenvalue weighted by Crippen LogP contribution is -2.36. The Balaban J connectivity index is 3.03. The van der Waals surface area contributed by atoms with Crippen molar-refractivity contribution in [1.29, 1.82) is 0 Å². The van der Waals surface area contributed by atoms with Crippen LogP contribution in [0.15, 0.2) is 12.7 Å². The normalized spacial score (nSPS) is 11.6. The molecule has 0 bridgehead atoms. The van der Waals surface area contributed by atoms with Crippen molar-refractivity contribution in [3.63, 3.8) is 0 Å². The molecule has 0 aliphatic rings. The molecule has 0 saturated carbocycles. The van der Waals surface area contributed by atoms with E-state index in [0.29, 0.717) is 0 Å². The third kappa shape index (κ3) is 11.7. The maximum absolute atomic E-state index is 3.72. The van der Waals surface area contributed by atoms with Gasteiger partial charge in [0, 0.05) is 5.54 Å². The topological polar surface area (TPSA) is 12.0 Å². The molecule has 0 spiro atoms. The van der Waals surface area contributed by atoms with Crippen LogP contribution >= 0.6 is 0 Å². The zero-order chi connectivity index (χ0) is 10.9. The third-order valence-corrected chi connectivity index (χ3v) is 2.24. The molecule has 0 aliphatic carbocycles. The molecule has 0 saturated heterocycles. The van der Waals surface area contributed by atoms with Crippen LogP contribution < -0.4 is 5.32 Å². The number of hydrogen-bond donors (Lipinski definition) is 1. The predicted octanol–water partition coefficient (Wildman–Crippen LogP) is 3.90. The van der Waals surface area contributed by atoms with Gasteiger partial charge in [-0.3, -0.25) is 0 Å². The van der Waals surface area contributed by atoms with Crippen LogP contribution in [0.1, 0.15) is 59.3 Å². The summed E-state index contributed by atoms with van der Waals surface area (Å²) in [6.45, 7) is 11.5. The van der Waals surface area contributed by atoms with Gasteiger partial charge >= 0.3 is 0 Å². The largest absolute Gasteiger partial charge is 0.312 e. The average molecular weight is 197 g/mol. The molecule has 0 radical (unpaired) electrons. The molecule has 0 unspecified atom stereocenters. The van der Waals surface area contributed by atoms with Crippen LogP contribution in [0.2, 0.25) is 0 Å². The van der Waals surface area contributed by atoms with E-state index in [0.717, 1.165) is 6.54 Å². The first kappa shape index (κ1) is 13.7. The van der Waals surface area contributed by atoms with Crippen LogP contribution in [0, 0.1) is 0 Å². The maximum Gasteiger partial charge on any atom is 0.00965 e. The van der Waals surface area contributed by atoms with E-state index >= 15 is 0 Å². The Morgan fingerprint density at radius 1 is 1.00 bits per heavy atom. The molecule has 0 atom stereocenters. The molecule has 1 nitrogen and oxygen atoms in total. The number of rotatable bonds is 8. The second-order valence-corrected chi connectivity index (χ2v) is 5.02. The number of hydrogen-bond acceptors (Lipinski definition) is 1. The fourth-order valence-corrected chi connectivity index (χ4v) is 1.41. The minimum atomic E-state index is 0.281. The minimum Gasteiger partial charge on any atom is -0.312 e. The van der Waals surface area contributed by atoms with Gasteiger partial charge in [0.05, 0.1) is 0 Å². The van der Waals surface area contributed by atoms with E-state index in [1.165, 1.54) is 38.5 Å². The van der Waals surface area contributed by atoms with Gasteiger partial charge in [0.25, 0.3) is 0 Å². The number of unbranched alkanes of at least 4 members (excludes halogenated alkanes) is 5. The van der Waals surface area contributed by atoms with Crippen LogP contribution in [0.3, 0.4) is 0 Å². The lowest BCUT2D eigenvalue weighted by Gasteiger charge is -2.20. The zero-order valence-corrected chi connectivity index (χ0v) is 10.2. The van der Waals surface area contributed by atoms with Gasteiger partial charge < -0.3 is 5.32 Å². The molecule has 0 rings (SSSR count). The molecule has 0 aliphatic heterocycles. The summed E-state index contributed by atoms with van der Waals surface area (Å²) in [5, 5.41) is 3.51. The summed E-state index contributed by atoms with van der Waals surface area (Å²) in [6, 6.07) is 0. The molecule has 0 heterocycles. The summed E-state index contributed by atoms with van der Waals surface area (Å²) in [5.41, 5.74) is 0.281. The molecule has 0 aromatic carbocycles. The van der Waals surface area contributed by atoms with Crippen molar-refractivity contribution in [2.45, 2.75) is 64.8 Å². The summed E-state index contributed by atoms with van der Waals surface area (Å²) < 4.78 is 0. The average Bonchev–Trinajstić information content (AvgIpc) is 2.08. The lowest BCUT2D eigenvalue weighted by atomic mass is 10.1. The molecule has 0 aromatic heterocycles. The molecule has 14 heavy (non-hydrogen) atoms. The number of nitrogens with one attached hydrogen (secondary N) is 1. The Hall–Kier alpha value is -0.300. The molecule has 0 amide bonds. The van der Waals surface area contributed by atoms with E-state index in [9.17, 15) is 0 Å². The second-order valence-electron chi connectivity index (χ2n) is 5.02. The first-order chi connectivity index (χ1) is 6.56. The summed E-state index contributed by atoms with van der Waals surface area (Å²) in [4.78, 5) is 0. The fraction of sp³-hybridized carbons (Fsp3) is 0.846. The Morgan fingerprint density at radius 3 is 2.14 bits per heavy atom. The van der Waals surface area contributed by atoms with Gasteiger partial charge in [-0.25, -0.2) is 0 Å². The summed E-state index contributed by atoms with van der Waals surface area (Å²) in [6.07, 6.45) is 9.92. The summed E-state index contributed by atoms with van der Waals surface area (Å²) in [5.74, 6) is 0. The Morgan fingerprint density at radius 2 is 1.57 bits per heavy atom. The highest BCUT2D eigenvalue weighted by atomic mass is 14.9. The smallest absolute Gasteiger partial charge is 0.00965 e. The second kappa shape index (κ2) is 8.05. The molecule has 84 valence electrons. The van der Waals surface area contributed by atoms with Crippen molar-refractivity contribution in [3.8, 4) is 0 Å². The van der Waals surface area contributed by atoms with E-state index in [1.807, 2.05) is 6.08 Å². The molecule has 1 N–H and O–H groups in total. The highest BCUT2D eigenvalue weighted by Gasteiger charge is 2.06. The lowest BCUT2D eigenvalue weighted by molar-refractivity contribution is 0.415. The summed E-state index contributed by atoms with van der Waals surface area (Å²) >= 11 is 0. The van der Waals surface area contributed by atoms with Crippen LogP contribution in [-0.2, 0) is 0 Å². The first-order valence-electron chi connectivity index (χ1n) is 5.92. The fourth-order valence-electron chi connectivity index (χ4n) is 1.41. The Labute approximate surface area is 90.0 Å². The van der Waals surface area contributed by atoms with Gasteiger partial charge in [0.1, 0.15) is 0 Å². The number of allylic oxidation sites excluding steroid dienone is 1. The van der Waals surface area contributed by atoms with Crippen LogP contribution in [0.25, 0.3) is 0 Å². The molecule has 1 heteroatoms. The molecular weight excluding hydrogens is 170 g/mol. The van der Waals surface area contributed by atoms with Gasteiger partial charge in [0.15, 0.2) is 0 Å². The highest BCUT2D eigenvalue weighted by molar-refractivity contribution is 4.69. The van der Waals surface area contributed by atoms with Crippen LogP contribution in [-0.4, -0.2) is 12.1 Å². The zero-order valence-electron chi connectivity index (χ0n) is 10.2. The Bertz CT molecular complexity index is 133. The molecule has 0 aromatic rings. The van der Waals surface area contributed by atoms with Gasteiger partial charge in [0.2, 0.25) is 0 Å². The monoisotopic (exact) mass is 197 g/mol. The van der Waals surface area contributed by atoms with Gasteiger partial charge in [-0.1, -0.05) is 25.3 Å². The third-order valence-electron chi connectivity index (χ3n) is 2.24. The quantitative estimate of drug-likeness (QED) is 0.459. The van der Waals surface area contributed by atoms with E-state index < -0.39 is 0 Å². The van der Waals surface area contributed by atoms with Crippen molar-refractivity contribution >= 4 is 0 Å².